The van der Waals surface area contributed by atoms with E-state index < -0.39 is 11.1 Å². The summed E-state index contributed by atoms with van der Waals surface area (Å²) in [4.78, 5) is 40.7. The fourth-order valence-electron chi connectivity index (χ4n) is 2.34. The standard InChI is InChI=1S/C15H16N2O4S2/c1-10-2-7-22-11(10)8-12-14(19)17(15(20)23-12)9-13(18)16-3-5-21-6-4-16/h2,7-8H,3-6,9H2,1H3/b12-8-. The molecule has 3 amide bonds. The monoisotopic (exact) mass is 352 g/mol. The Hall–Kier alpha value is -1.64. The Morgan fingerprint density at radius 3 is 2.74 bits per heavy atom. The van der Waals surface area contributed by atoms with Crippen molar-refractivity contribution >= 4 is 46.2 Å². The molecule has 122 valence electrons. The second kappa shape index (κ2) is 6.86. The maximum Gasteiger partial charge on any atom is 0.294 e. The molecule has 0 spiro atoms. The maximum absolute atomic E-state index is 12.4. The molecule has 0 aromatic carbocycles. The van der Waals surface area contributed by atoms with Gasteiger partial charge in [0, 0.05) is 18.0 Å². The van der Waals surface area contributed by atoms with Crippen LogP contribution in [0.15, 0.2) is 16.4 Å². The highest BCUT2D eigenvalue weighted by Gasteiger charge is 2.37. The third-order valence-corrected chi connectivity index (χ3v) is 5.57. The average Bonchev–Trinajstić information content (AvgIpc) is 3.07. The van der Waals surface area contributed by atoms with E-state index in [0.29, 0.717) is 31.2 Å². The van der Waals surface area contributed by atoms with E-state index in [1.54, 1.807) is 11.0 Å². The van der Waals surface area contributed by atoms with Crippen LogP contribution >= 0.6 is 23.1 Å². The Balaban J connectivity index is 1.70. The van der Waals surface area contributed by atoms with Crippen LogP contribution in [0.3, 0.4) is 0 Å². The first-order valence-corrected chi connectivity index (χ1v) is 8.91. The van der Waals surface area contributed by atoms with Gasteiger partial charge >= 0.3 is 0 Å². The van der Waals surface area contributed by atoms with Crippen LogP contribution in [0.1, 0.15) is 10.4 Å². The van der Waals surface area contributed by atoms with Gasteiger partial charge in [-0.25, -0.2) is 0 Å². The second-order valence-corrected chi connectivity index (χ2v) is 7.17. The van der Waals surface area contributed by atoms with Gasteiger partial charge in [-0.05, 0) is 41.8 Å². The molecule has 6 nitrogen and oxygen atoms in total. The Morgan fingerprint density at radius 2 is 2.09 bits per heavy atom. The molecule has 0 N–H and O–H groups in total. The van der Waals surface area contributed by atoms with Gasteiger partial charge in [-0.2, -0.15) is 0 Å². The van der Waals surface area contributed by atoms with Gasteiger partial charge in [0.05, 0.1) is 18.1 Å². The van der Waals surface area contributed by atoms with Crippen molar-refractivity contribution in [3.05, 3.63) is 26.8 Å². The van der Waals surface area contributed by atoms with Crippen molar-refractivity contribution < 1.29 is 19.1 Å². The average molecular weight is 352 g/mol. The van der Waals surface area contributed by atoms with Gasteiger partial charge in [0.2, 0.25) is 5.91 Å². The molecule has 1 aromatic heterocycles. The molecule has 3 rings (SSSR count). The van der Waals surface area contributed by atoms with Gasteiger partial charge in [0.15, 0.2) is 0 Å². The summed E-state index contributed by atoms with van der Waals surface area (Å²) in [6, 6.07) is 1.96. The number of thiophene rings is 1. The second-order valence-electron chi connectivity index (χ2n) is 5.23. The third-order valence-electron chi connectivity index (χ3n) is 3.69. The van der Waals surface area contributed by atoms with Crippen molar-refractivity contribution in [2.75, 3.05) is 32.8 Å². The number of nitrogens with zero attached hydrogens (tertiary/aromatic N) is 2. The lowest BCUT2D eigenvalue weighted by Crippen LogP contribution is -2.46. The van der Waals surface area contributed by atoms with E-state index in [1.165, 1.54) is 11.3 Å². The molecular weight excluding hydrogens is 336 g/mol. The fraction of sp³-hybridized carbons (Fsp3) is 0.400. The van der Waals surface area contributed by atoms with Gasteiger partial charge in [-0.15, -0.1) is 11.3 Å². The third kappa shape index (κ3) is 3.49. The van der Waals surface area contributed by atoms with Crippen molar-refractivity contribution in [3.8, 4) is 0 Å². The van der Waals surface area contributed by atoms with E-state index in [1.807, 2.05) is 18.4 Å². The number of ether oxygens (including phenoxy) is 1. The number of thioether (sulfide) groups is 1. The number of hydrogen-bond acceptors (Lipinski definition) is 6. The Kier molecular flexibility index (Phi) is 4.84. The Bertz CT molecular complexity index is 677. The number of hydrogen-bond donors (Lipinski definition) is 0. The maximum atomic E-state index is 12.4. The SMILES string of the molecule is Cc1ccsc1/C=C1\SC(=O)N(CC(=O)N2CCOCC2)C1=O. The van der Waals surface area contributed by atoms with Crippen LogP contribution in [-0.4, -0.2) is 59.7 Å². The van der Waals surface area contributed by atoms with E-state index in [4.69, 9.17) is 4.74 Å². The first-order valence-electron chi connectivity index (χ1n) is 7.21. The van der Waals surface area contributed by atoms with E-state index in [9.17, 15) is 14.4 Å². The van der Waals surface area contributed by atoms with Crippen molar-refractivity contribution in [3.63, 3.8) is 0 Å². The quantitative estimate of drug-likeness (QED) is 0.778. The van der Waals surface area contributed by atoms with Crippen LogP contribution < -0.4 is 0 Å². The minimum atomic E-state index is -0.394. The summed E-state index contributed by atoms with van der Waals surface area (Å²) in [5, 5.41) is 1.55. The molecule has 0 unspecified atom stereocenters. The molecule has 0 aliphatic carbocycles. The summed E-state index contributed by atoms with van der Waals surface area (Å²) in [6.45, 7) is 3.73. The van der Waals surface area contributed by atoms with Gasteiger partial charge in [-0.1, -0.05) is 0 Å². The lowest BCUT2D eigenvalue weighted by Gasteiger charge is -2.28. The fourth-order valence-corrected chi connectivity index (χ4v) is 4.09. The van der Waals surface area contributed by atoms with Gasteiger partial charge in [0.25, 0.3) is 11.1 Å². The smallest absolute Gasteiger partial charge is 0.294 e. The molecule has 1 aromatic rings. The predicted octanol–water partition coefficient (Wildman–Crippen LogP) is 1.95. The highest BCUT2D eigenvalue weighted by Crippen LogP contribution is 2.33. The highest BCUT2D eigenvalue weighted by molar-refractivity contribution is 8.18. The molecule has 2 aliphatic rings. The molecule has 0 radical (unpaired) electrons. The van der Waals surface area contributed by atoms with Crippen LogP contribution in [0.2, 0.25) is 0 Å². The Labute approximate surface area is 142 Å². The zero-order valence-electron chi connectivity index (χ0n) is 12.6. The molecule has 2 aliphatic heterocycles. The summed E-state index contributed by atoms with van der Waals surface area (Å²) in [6.07, 6.45) is 1.73. The van der Waals surface area contributed by atoms with Crippen molar-refractivity contribution in [2.45, 2.75) is 6.92 Å². The molecule has 0 saturated carbocycles. The van der Waals surface area contributed by atoms with Crippen LogP contribution in [-0.2, 0) is 14.3 Å². The summed E-state index contributed by atoms with van der Waals surface area (Å²) in [5.74, 6) is -0.612. The minimum absolute atomic E-state index is 0.203. The van der Waals surface area contributed by atoms with Gasteiger partial charge in [-0.3, -0.25) is 19.3 Å². The summed E-state index contributed by atoms with van der Waals surface area (Å²) < 4.78 is 5.20. The molecule has 2 saturated heterocycles. The highest BCUT2D eigenvalue weighted by atomic mass is 32.2. The van der Waals surface area contributed by atoms with Gasteiger partial charge < -0.3 is 9.64 Å². The van der Waals surface area contributed by atoms with Crippen LogP contribution in [0, 0.1) is 6.92 Å². The molecule has 23 heavy (non-hydrogen) atoms. The molecule has 0 atom stereocenters. The van der Waals surface area contributed by atoms with Crippen LogP contribution in [0.5, 0.6) is 0 Å². The summed E-state index contributed by atoms with van der Waals surface area (Å²) in [7, 11) is 0. The van der Waals surface area contributed by atoms with Crippen LogP contribution in [0.25, 0.3) is 6.08 Å². The molecule has 3 heterocycles. The first-order chi connectivity index (χ1) is 11.1. The number of aryl methyl sites for hydroxylation is 1. The van der Waals surface area contributed by atoms with E-state index in [2.05, 4.69) is 0 Å². The molecule has 8 heteroatoms. The van der Waals surface area contributed by atoms with Crippen molar-refractivity contribution in [1.82, 2.24) is 9.80 Å². The largest absolute Gasteiger partial charge is 0.378 e. The molecule has 2 fully saturated rings. The predicted molar refractivity (Wildman–Crippen MR) is 89.1 cm³/mol. The Morgan fingerprint density at radius 1 is 1.35 bits per heavy atom. The summed E-state index contributed by atoms with van der Waals surface area (Å²) >= 11 is 2.40. The number of rotatable bonds is 3. The van der Waals surface area contributed by atoms with E-state index in [0.717, 1.165) is 27.1 Å². The van der Waals surface area contributed by atoms with Crippen molar-refractivity contribution in [1.29, 1.82) is 0 Å². The number of morpholine rings is 1. The lowest BCUT2D eigenvalue weighted by molar-refractivity contribution is -0.139. The molecule has 0 bridgehead atoms. The number of imide groups is 1. The number of amides is 3. The van der Waals surface area contributed by atoms with E-state index in [-0.39, 0.29) is 12.5 Å². The number of carbonyl (C=O) groups excluding carboxylic acids is 3. The normalized spacial score (nSPS) is 20.7. The lowest BCUT2D eigenvalue weighted by atomic mass is 10.2. The zero-order valence-corrected chi connectivity index (χ0v) is 14.2. The minimum Gasteiger partial charge on any atom is -0.378 e. The first kappa shape index (κ1) is 16.2. The number of carbonyl (C=O) groups is 3. The topological polar surface area (TPSA) is 66.9 Å². The molecular formula is C15H16N2O4S2. The zero-order chi connectivity index (χ0) is 16.4. The van der Waals surface area contributed by atoms with Crippen LogP contribution in [0.4, 0.5) is 4.79 Å². The van der Waals surface area contributed by atoms with Crippen molar-refractivity contribution in [2.24, 2.45) is 0 Å². The van der Waals surface area contributed by atoms with E-state index >= 15 is 0 Å². The van der Waals surface area contributed by atoms with Gasteiger partial charge in [0.1, 0.15) is 6.54 Å². The summed E-state index contributed by atoms with van der Waals surface area (Å²) in [5.41, 5.74) is 1.06.